The summed E-state index contributed by atoms with van der Waals surface area (Å²) >= 11 is 0. The number of benzene rings is 1. The molecule has 0 N–H and O–H groups in total. The van der Waals surface area contributed by atoms with E-state index in [1.807, 2.05) is 6.07 Å². The Morgan fingerprint density at radius 1 is 1.32 bits per heavy atom. The second-order valence-corrected chi connectivity index (χ2v) is 3.88. The monoisotopic (exact) mass is 258 g/mol. The molecule has 1 heterocycles. The summed E-state index contributed by atoms with van der Waals surface area (Å²) in [7, 11) is 0. The molecule has 96 valence electrons. The number of pyridine rings is 1. The van der Waals surface area contributed by atoms with E-state index in [1.54, 1.807) is 18.2 Å². The minimum Gasteiger partial charge on any atom is -0.483 e. The lowest BCUT2D eigenvalue weighted by Crippen LogP contribution is -2.20. The highest BCUT2D eigenvalue weighted by molar-refractivity contribution is 5.20. The number of aromatic nitrogens is 1. The van der Waals surface area contributed by atoms with Crippen molar-refractivity contribution in [1.29, 1.82) is 5.26 Å². The molecule has 0 spiro atoms. The summed E-state index contributed by atoms with van der Waals surface area (Å²) in [6, 6.07) is 11.0. The largest absolute Gasteiger partial charge is 0.483 e. The topological polar surface area (TPSA) is 55.0 Å². The molecule has 0 aliphatic heterocycles. The van der Waals surface area contributed by atoms with Crippen molar-refractivity contribution in [2.45, 2.75) is 13.2 Å². The molecule has 4 nitrogen and oxygen atoms in total. The fourth-order valence-electron chi connectivity index (χ4n) is 1.61. The lowest BCUT2D eigenvalue weighted by Gasteiger charge is -2.07. The van der Waals surface area contributed by atoms with Crippen LogP contribution < -0.4 is 10.3 Å². The SMILES string of the molecule is N#CCn1cccc(OCc2cccc(F)c2)c1=O. The van der Waals surface area contributed by atoms with Crippen molar-refractivity contribution in [2.75, 3.05) is 0 Å². The molecule has 0 aliphatic carbocycles. The molecule has 2 rings (SSSR count). The first kappa shape index (κ1) is 12.8. The van der Waals surface area contributed by atoms with Crippen LogP contribution in [0.3, 0.4) is 0 Å². The Morgan fingerprint density at radius 2 is 2.16 bits per heavy atom. The van der Waals surface area contributed by atoms with Gasteiger partial charge in [-0.2, -0.15) is 5.26 Å². The molecule has 1 aromatic heterocycles. The zero-order valence-corrected chi connectivity index (χ0v) is 10.0. The number of nitriles is 1. The van der Waals surface area contributed by atoms with E-state index >= 15 is 0 Å². The first-order valence-corrected chi connectivity index (χ1v) is 5.64. The molecule has 5 heteroatoms. The van der Waals surface area contributed by atoms with Crippen molar-refractivity contribution >= 4 is 0 Å². The molecule has 2 aromatic rings. The van der Waals surface area contributed by atoms with E-state index in [2.05, 4.69) is 0 Å². The minimum absolute atomic E-state index is 0.0317. The van der Waals surface area contributed by atoms with Gasteiger partial charge in [0, 0.05) is 6.20 Å². The lowest BCUT2D eigenvalue weighted by atomic mass is 10.2. The number of hydrogen-bond donors (Lipinski definition) is 0. The normalized spacial score (nSPS) is 9.89. The van der Waals surface area contributed by atoms with Gasteiger partial charge in [-0.1, -0.05) is 12.1 Å². The van der Waals surface area contributed by atoms with Crippen molar-refractivity contribution in [1.82, 2.24) is 4.57 Å². The van der Waals surface area contributed by atoms with Crippen LogP contribution in [0.5, 0.6) is 5.75 Å². The molecule has 0 aliphatic rings. The predicted molar refractivity (Wildman–Crippen MR) is 67.0 cm³/mol. The summed E-state index contributed by atoms with van der Waals surface area (Å²) < 4.78 is 19.6. The highest BCUT2D eigenvalue weighted by Gasteiger charge is 2.04. The van der Waals surface area contributed by atoms with Gasteiger partial charge in [-0.25, -0.2) is 4.39 Å². The molecule has 0 amide bonds. The molecule has 0 saturated heterocycles. The summed E-state index contributed by atoms with van der Waals surface area (Å²) in [6.45, 7) is 0.0690. The third kappa shape index (κ3) is 3.19. The van der Waals surface area contributed by atoms with Gasteiger partial charge in [0.15, 0.2) is 5.75 Å². The second kappa shape index (κ2) is 5.83. The maximum atomic E-state index is 13.0. The predicted octanol–water partition coefficient (Wildman–Crippen LogP) is 2.09. The smallest absolute Gasteiger partial charge is 0.293 e. The van der Waals surface area contributed by atoms with Gasteiger partial charge < -0.3 is 4.74 Å². The number of hydrogen-bond acceptors (Lipinski definition) is 3. The van der Waals surface area contributed by atoms with Crippen molar-refractivity contribution < 1.29 is 9.13 Å². The Hall–Kier alpha value is -2.61. The molecule has 0 saturated carbocycles. The molecule has 0 atom stereocenters. The summed E-state index contributed by atoms with van der Waals surface area (Å²) in [5, 5.41) is 8.58. The molecule has 0 unspecified atom stereocenters. The lowest BCUT2D eigenvalue weighted by molar-refractivity contribution is 0.299. The molecular weight excluding hydrogens is 247 g/mol. The third-order valence-electron chi connectivity index (χ3n) is 2.51. The molecule has 1 aromatic carbocycles. The number of halogens is 1. The van der Waals surface area contributed by atoms with Crippen LogP contribution in [-0.2, 0) is 13.2 Å². The molecule has 0 fully saturated rings. The molecular formula is C14H11FN2O2. The van der Waals surface area contributed by atoms with Gasteiger partial charge in [0.05, 0.1) is 6.07 Å². The van der Waals surface area contributed by atoms with Gasteiger partial charge in [0.2, 0.25) is 0 Å². The van der Waals surface area contributed by atoms with Crippen LogP contribution in [0.1, 0.15) is 5.56 Å². The van der Waals surface area contributed by atoms with Crippen LogP contribution in [0.2, 0.25) is 0 Å². The third-order valence-corrected chi connectivity index (χ3v) is 2.51. The van der Waals surface area contributed by atoms with Crippen LogP contribution >= 0.6 is 0 Å². The first-order valence-electron chi connectivity index (χ1n) is 5.64. The van der Waals surface area contributed by atoms with Crippen molar-refractivity contribution in [3.05, 3.63) is 64.3 Å². The zero-order chi connectivity index (χ0) is 13.7. The van der Waals surface area contributed by atoms with Crippen LogP contribution in [0, 0.1) is 17.1 Å². The summed E-state index contributed by atoms with van der Waals surface area (Å²) in [5.74, 6) is -0.210. The molecule has 0 bridgehead atoms. The van der Waals surface area contributed by atoms with Crippen molar-refractivity contribution in [3.63, 3.8) is 0 Å². The summed E-state index contributed by atoms with van der Waals surface area (Å²) in [4.78, 5) is 11.9. The quantitative estimate of drug-likeness (QED) is 0.843. The van der Waals surface area contributed by atoms with E-state index in [9.17, 15) is 9.18 Å². The second-order valence-electron chi connectivity index (χ2n) is 3.88. The van der Waals surface area contributed by atoms with Gasteiger partial charge in [-0.3, -0.25) is 9.36 Å². The van der Waals surface area contributed by atoms with Gasteiger partial charge in [0.1, 0.15) is 19.0 Å². The van der Waals surface area contributed by atoms with Crippen LogP contribution in [0.15, 0.2) is 47.4 Å². The van der Waals surface area contributed by atoms with E-state index in [1.165, 1.54) is 29.0 Å². The summed E-state index contributed by atoms with van der Waals surface area (Å²) in [6.07, 6.45) is 1.51. The van der Waals surface area contributed by atoms with Crippen LogP contribution in [-0.4, -0.2) is 4.57 Å². The highest BCUT2D eigenvalue weighted by atomic mass is 19.1. The average Bonchev–Trinajstić information content (AvgIpc) is 2.40. The number of rotatable bonds is 4. The maximum Gasteiger partial charge on any atom is 0.293 e. The molecule has 19 heavy (non-hydrogen) atoms. The van der Waals surface area contributed by atoms with E-state index in [-0.39, 0.29) is 30.3 Å². The Kier molecular flexibility index (Phi) is 3.94. The zero-order valence-electron chi connectivity index (χ0n) is 10.0. The van der Waals surface area contributed by atoms with Crippen LogP contribution in [0.25, 0.3) is 0 Å². The van der Waals surface area contributed by atoms with Gasteiger partial charge >= 0.3 is 0 Å². The highest BCUT2D eigenvalue weighted by Crippen LogP contribution is 2.08. The number of nitrogens with zero attached hydrogens (tertiary/aromatic N) is 2. The Balaban J connectivity index is 2.14. The molecule has 0 radical (unpaired) electrons. The maximum absolute atomic E-state index is 13.0. The van der Waals surface area contributed by atoms with E-state index < -0.39 is 0 Å². The van der Waals surface area contributed by atoms with Gasteiger partial charge in [-0.05, 0) is 29.8 Å². The standard InChI is InChI=1S/C14H11FN2O2/c15-12-4-1-3-11(9-12)10-19-13-5-2-7-17(8-6-16)14(13)18/h1-5,7,9H,8,10H2. The fraction of sp³-hybridized carbons (Fsp3) is 0.143. The van der Waals surface area contributed by atoms with E-state index in [4.69, 9.17) is 10.00 Å². The average molecular weight is 258 g/mol. The van der Waals surface area contributed by atoms with E-state index in [0.717, 1.165) is 0 Å². The van der Waals surface area contributed by atoms with Gasteiger partial charge in [0.25, 0.3) is 5.56 Å². The summed E-state index contributed by atoms with van der Waals surface area (Å²) in [5.41, 5.74) is 0.260. The Labute approximate surface area is 109 Å². The Morgan fingerprint density at radius 3 is 2.89 bits per heavy atom. The van der Waals surface area contributed by atoms with Gasteiger partial charge in [-0.15, -0.1) is 0 Å². The van der Waals surface area contributed by atoms with Crippen LogP contribution in [0.4, 0.5) is 4.39 Å². The van der Waals surface area contributed by atoms with E-state index in [0.29, 0.717) is 5.56 Å². The van der Waals surface area contributed by atoms with Crippen molar-refractivity contribution in [2.24, 2.45) is 0 Å². The Bertz CT molecular complexity index is 674. The van der Waals surface area contributed by atoms with Crippen molar-refractivity contribution in [3.8, 4) is 11.8 Å². The first-order chi connectivity index (χ1) is 9.20. The number of ether oxygens (including phenoxy) is 1. The fourth-order valence-corrected chi connectivity index (χ4v) is 1.61. The minimum atomic E-state index is -0.375.